The Kier molecular flexibility index (Phi) is 6.03. The summed E-state index contributed by atoms with van der Waals surface area (Å²) in [5.41, 5.74) is 4.23. The molecule has 32 heavy (non-hydrogen) atoms. The third-order valence-electron chi connectivity index (χ3n) is 5.54. The highest BCUT2D eigenvalue weighted by atomic mass is 19.4. The summed E-state index contributed by atoms with van der Waals surface area (Å²) in [6.45, 7) is 2.65. The van der Waals surface area contributed by atoms with E-state index in [1.54, 1.807) is 6.92 Å². The third-order valence-corrected chi connectivity index (χ3v) is 5.54. The highest BCUT2D eigenvalue weighted by Gasteiger charge is 2.71. The van der Waals surface area contributed by atoms with Crippen molar-refractivity contribution in [3.8, 4) is 0 Å². The molecule has 1 heterocycles. The van der Waals surface area contributed by atoms with Gasteiger partial charge in [-0.25, -0.2) is 0 Å². The molecule has 3 rings (SSSR count). The number of nitrogens with two attached hydrogens (primary N) is 2. The topological polar surface area (TPSA) is 75.1 Å². The van der Waals surface area contributed by atoms with Crippen molar-refractivity contribution in [1.82, 2.24) is 0 Å². The number of rotatable bonds is 5. The lowest BCUT2D eigenvalue weighted by atomic mass is 9.91. The highest BCUT2D eigenvalue weighted by molar-refractivity contribution is 6.08. The van der Waals surface area contributed by atoms with Crippen LogP contribution in [0.1, 0.15) is 29.2 Å². The van der Waals surface area contributed by atoms with E-state index in [2.05, 4.69) is 0 Å². The molecule has 0 aliphatic carbocycles. The molecule has 0 saturated carbocycles. The van der Waals surface area contributed by atoms with Crippen LogP contribution in [0.5, 0.6) is 0 Å². The molecule has 0 amide bonds. The van der Waals surface area contributed by atoms with Gasteiger partial charge in [-0.1, -0.05) is 30.3 Å². The molecule has 0 atom stereocenters. The number of aliphatic hydroxyl groups is 1. The van der Waals surface area contributed by atoms with Gasteiger partial charge in [-0.15, -0.1) is 0 Å². The minimum Gasteiger partial charge on any atom is -0.402 e. The van der Waals surface area contributed by atoms with Gasteiger partial charge in [0, 0.05) is 30.0 Å². The zero-order valence-electron chi connectivity index (χ0n) is 17.1. The Morgan fingerprint density at radius 1 is 1.06 bits per heavy atom. The number of benzene rings is 2. The smallest absolute Gasteiger partial charge is 0.402 e. The molecular weight excluding hydrogens is 436 g/mol. The minimum atomic E-state index is -5.91. The second-order valence-corrected chi connectivity index (χ2v) is 7.68. The summed E-state index contributed by atoms with van der Waals surface area (Å²) in [6, 6.07) is 9.33. The van der Waals surface area contributed by atoms with E-state index in [9.17, 15) is 31.4 Å². The number of alkyl halides is 6. The summed E-state index contributed by atoms with van der Waals surface area (Å²) in [6.07, 6.45) is -9.68. The average molecular weight is 458 g/mol. The quantitative estimate of drug-likeness (QED) is 0.476. The summed E-state index contributed by atoms with van der Waals surface area (Å²) in [5.74, 6) is 0. The predicted octanol–water partition coefficient (Wildman–Crippen LogP) is 3.08. The first-order chi connectivity index (χ1) is 14.8. The largest absolute Gasteiger partial charge is 0.430 e. The van der Waals surface area contributed by atoms with Crippen molar-refractivity contribution in [1.29, 1.82) is 0 Å². The van der Waals surface area contributed by atoms with Crippen LogP contribution >= 0.6 is 0 Å². The molecule has 1 aliphatic rings. The predicted molar refractivity (Wildman–Crippen MR) is 108 cm³/mol. The number of hydrogen-bond donors (Lipinski definition) is 3. The van der Waals surface area contributed by atoms with Gasteiger partial charge >= 0.3 is 12.4 Å². The number of anilines is 1. The molecule has 0 bridgehead atoms. The van der Waals surface area contributed by atoms with Crippen molar-refractivity contribution in [3.05, 3.63) is 70.4 Å². The van der Waals surface area contributed by atoms with Crippen LogP contribution in [-0.2, 0) is 18.6 Å². The van der Waals surface area contributed by atoms with Gasteiger partial charge in [0.25, 0.3) is 5.60 Å². The van der Waals surface area contributed by atoms with E-state index in [1.807, 2.05) is 23.1 Å². The first-order valence-electron chi connectivity index (χ1n) is 9.64. The van der Waals surface area contributed by atoms with E-state index in [0.717, 1.165) is 28.9 Å². The zero-order valence-corrected chi connectivity index (χ0v) is 17.1. The molecular formula is C22H22F6N3O+. The van der Waals surface area contributed by atoms with Crippen molar-refractivity contribution < 1.29 is 36.9 Å². The molecule has 0 saturated heterocycles. The molecule has 0 spiro atoms. The Balaban J connectivity index is 1.84. The molecule has 0 radical (unpaired) electrons. The summed E-state index contributed by atoms with van der Waals surface area (Å²) in [4.78, 5) is 1.97. The number of fused-ring (bicyclic) bond motifs is 1. The second-order valence-electron chi connectivity index (χ2n) is 7.68. The van der Waals surface area contributed by atoms with E-state index in [4.69, 9.17) is 11.1 Å². The van der Waals surface area contributed by atoms with Crippen LogP contribution in [0.25, 0.3) is 5.57 Å². The lowest BCUT2D eigenvalue weighted by Gasteiger charge is -2.32. The van der Waals surface area contributed by atoms with E-state index in [0.29, 0.717) is 41.9 Å². The van der Waals surface area contributed by atoms with E-state index in [-0.39, 0.29) is 6.54 Å². The Bertz CT molecular complexity index is 1020. The van der Waals surface area contributed by atoms with Gasteiger partial charge in [-0.05, 0) is 42.2 Å². The second kappa shape index (κ2) is 8.16. The van der Waals surface area contributed by atoms with Crippen molar-refractivity contribution in [2.24, 2.45) is 5.73 Å². The molecule has 172 valence electrons. The van der Waals surface area contributed by atoms with Gasteiger partial charge in [0.1, 0.15) is 0 Å². The number of allylic oxidation sites excluding steroid dienone is 2. The Labute approximate surface area is 180 Å². The van der Waals surface area contributed by atoms with Gasteiger partial charge < -0.3 is 15.7 Å². The summed E-state index contributed by atoms with van der Waals surface area (Å²) in [7, 11) is 0. The van der Waals surface area contributed by atoms with Crippen LogP contribution in [0, 0.1) is 0 Å². The van der Waals surface area contributed by atoms with Crippen LogP contribution in [0.15, 0.2) is 48.2 Å². The monoisotopic (exact) mass is 458 g/mol. The SMILES string of the molecule is C/C(N)=C(/C=[NH2+])c1ccc2c(c1)CCN2Cc1ccc(C(O)(C(F)(F)F)C(F)(F)F)cc1. The summed E-state index contributed by atoms with van der Waals surface area (Å²) in [5, 5.41) is 15.2. The highest BCUT2D eigenvalue weighted by Crippen LogP contribution is 2.50. The molecule has 1 aliphatic heterocycles. The molecule has 5 N–H and O–H groups in total. The maximum Gasteiger partial charge on any atom is 0.430 e. The van der Waals surface area contributed by atoms with E-state index >= 15 is 0 Å². The van der Waals surface area contributed by atoms with Crippen molar-refractivity contribution in [2.75, 3.05) is 11.4 Å². The Morgan fingerprint density at radius 3 is 2.16 bits per heavy atom. The fraction of sp³-hybridized carbons (Fsp3) is 0.318. The normalized spacial score (nSPS) is 15.4. The van der Waals surface area contributed by atoms with Crippen molar-refractivity contribution in [2.45, 2.75) is 37.8 Å². The van der Waals surface area contributed by atoms with Crippen LogP contribution in [0.2, 0.25) is 0 Å². The lowest BCUT2D eigenvalue weighted by molar-refractivity contribution is -0.376. The van der Waals surface area contributed by atoms with Crippen LogP contribution < -0.4 is 16.0 Å². The van der Waals surface area contributed by atoms with Gasteiger partial charge in [0.15, 0.2) is 6.21 Å². The van der Waals surface area contributed by atoms with Crippen LogP contribution in [-0.4, -0.2) is 30.2 Å². The molecule has 0 aromatic heterocycles. The maximum atomic E-state index is 13.0. The van der Waals surface area contributed by atoms with Gasteiger partial charge in [0.05, 0.1) is 5.57 Å². The molecule has 0 fully saturated rings. The summed E-state index contributed by atoms with van der Waals surface area (Å²) < 4.78 is 78.3. The molecule has 2 aromatic carbocycles. The summed E-state index contributed by atoms with van der Waals surface area (Å²) >= 11 is 0. The fourth-order valence-corrected chi connectivity index (χ4v) is 3.82. The first kappa shape index (κ1) is 23.6. The Morgan fingerprint density at radius 2 is 1.66 bits per heavy atom. The standard InChI is InChI=1S/C22H21F6N3O/c1-13(30)18(11-29)15-4-7-19-16(10-15)8-9-31(19)12-14-2-5-17(6-3-14)20(32,21(23,24)25)22(26,27)28/h2-7,10-11,29,32H,8-9,12,30H2,1H3/p+1/b18-13+,29-11?. The maximum absolute atomic E-state index is 13.0. The average Bonchev–Trinajstić information content (AvgIpc) is 3.08. The fourth-order valence-electron chi connectivity index (χ4n) is 3.82. The number of halogens is 6. The lowest BCUT2D eigenvalue weighted by Crippen LogP contribution is -2.53. The van der Waals surface area contributed by atoms with Gasteiger partial charge in [0.2, 0.25) is 0 Å². The number of nitrogens with zero attached hydrogens (tertiary/aromatic N) is 1. The van der Waals surface area contributed by atoms with Crippen molar-refractivity contribution in [3.63, 3.8) is 0 Å². The molecule has 2 aromatic rings. The molecule has 4 nitrogen and oxygen atoms in total. The van der Waals surface area contributed by atoms with Gasteiger partial charge in [-0.2, -0.15) is 26.3 Å². The van der Waals surface area contributed by atoms with Crippen LogP contribution in [0.4, 0.5) is 32.0 Å². The first-order valence-corrected chi connectivity index (χ1v) is 9.64. The molecule has 10 heteroatoms. The van der Waals surface area contributed by atoms with Gasteiger partial charge in [-0.3, -0.25) is 5.41 Å². The van der Waals surface area contributed by atoms with E-state index < -0.39 is 23.5 Å². The van der Waals surface area contributed by atoms with Crippen molar-refractivity contribution >= 4 is 17.5 Å². The number of hydrogen-bond acceptors (Lipinski definition) is 3. The van der Waals surface area contributed by atoms with E-state index in [1.165, 1.54) is 6.21 Å². The Hall–Kier alpha value is -3.01. The molecule has 0 unspecified atom stereocenters. The van der Waals surface area contributed by atoms with Crippen LogP contribution in [0.3, 0.4) is 0 Å². The zero-order chi connectivity index (χ0) is 23.9. The minimum absolute atomic E-state index is 0.282. The third kappa shape index (κ3) is 4.06.